The molecule has 4 aromatic rings. The Morgan fingerprint density at radius 3 is 2.69 bits per heavy atom. The molecule has 4 rings (SSSR count). The van der Waals surface area contributed by atoms with Gasteiger partial charge in [-0.2, -0.15) is 8.97 Å². The van der Waals surface area contributed by atoms with Crippen molar-refractivity contribution in [1.29, 1.82) is 0 Å². The van der Waals surface area contributed by atoms with E-state index in [1.54, 1.807) is 47.3 Å². The first kappa shape index (κ1) is 21.5. The molecule has 0 spiro atoms. The number of benzene rings is 1. The number of rotatable bonds is 7. The Morgan fingerprint density at radius 2 is 2.00 bits per heavy atom. The van der Waals surface area contributed by atoms with Crippen LogP contribution in [0.3, 0.4) is 0 Å². The van der Waals surface area contributed by atoms with Gasteiger partial charge in [0.1, 0.15) is 5.15 Å². The van der Waals surface area contributed by atoms with Crippen LogP contribution in [0.1, 0.15) is 11.1 Å². The highest BCUT2D eigenvalue weighted by atomic mass is 35.5. The highest BCUT2D eigenvalue weighted by Crippen LogP contribution is 2.25. The number of aromatic hydroxyl groups is 1. The molecule has 3 aromatic heterocycles. The summed E-state index contributed by atoms with van der Waals surface area (Å²) in [4.78, 5) is 22.2. The predicted molar refractivity (Wildman–Crippen MR) is 123 cm³/mol. The minimum atomic E-state index is -0.302. The summed E-state index contributed by atoms with van der Waals surface area (Å²) in [7, 11) is 1.51. The van der Waals surface area contributed by atoms with E-state index in [-0.39, 0.29) is 17.0 Å². The average molecular weight is 450 g/mol. The largest absolute Gasteiger partial charge is 0.477 e. The monoisotopic (exact) mass is 449 g/mol. The van der Waals surface area contributed by atoms with E-state index in [4.69, 9.17) is 16.4 Å². The topological polar surface area (TPSA) is 79.7 Å². The number of aromatic nitrogens is 3. The fourth-order valence-electron chi connectivity index (χ4n) is 3.57. The molecule has 0 aliphatic rings. The number of halogens is 1. The zero-order valence-corrected chi connectivity index (χ0v) is 18.2. The lowest BCUT2D eigenvalue weighted by molar-refractivity contribution is -0.679. The van der Waals surface area contributed by atoms with Crippen LogP contribution in [-0.2, 0) is 17.8 Å². The molecule has 162 valence electrons. The van der Waals surface area contributed by atoms with Gasteiger partial charge in [-0.1, -0.05) is 54.6 Å². The molecule has 7 nitrogen and oxygen atoms in total. The first-order valence-electron chi connectivity index (χ1n) is 9.95. The van der Waals surface area contributed by atoms with Crippen molar-refractivity contribution in [1.82, 2.24) is 14.9 Å². The first-order chi connectivity index (χ1) is 15.5. The second kappa shape index (κ2) is 9.21. The van der Waals surface area contributed by atoms with E-state index in [2.05, 4.69) is 17.0 Å². The molecule has 8 heteroatoms. The van der Waals surface area contributed by atoms with Crippen LogP contribution in [0.15, 0.2) is 78.4 Å². The normalized spacial score (nSPS) is 10.9. The van der Waals surface area contributed by atoms with Gasteiger partial charge in [-0.05, 0) is 28.8 Å². The lowest BCUT2D eigenvalue weighted by Crippen LogP contribution is -2.41. The lowest BCUT2D eigenvalue weighted by atomic mass is 10.0. The number of hydrogen-bond donors (Lipinski definition) is 2. The molecule has 0 atom stereocenters. The molecule has 0 radical (unpaired) electrons. The smallest absolute Gasteiger partial charge is 0.354 e. The Kier molecular flexibility index (Phi) is 6.20. The molecule has 0 amide bonds. The maximum absolute atomic E-state index is 13.3. The molecule has 2 N–H and O–H groups in total. The van der Waals surface area contributed by atoms with Crippen LogP contribution in [0.2, 0.25) is 5.15 Å². The Hall–Kier alpha value is -3.68. The van der Waals surface area contributed by atoms with E-state index in [1.807, 2.05) is 24.3 Å². The summed E-state index contributed by atoms with van der Waals surface area (Å²) in [5.41, 5.74) is 6.16. The standard InChI is InChI=1S/C24H21ClN4O3/c1-16(27-32-2)18-7-9-19(10-8-18)22-23(30)28-13-4-3-5-21(28)29(24(22)31)14-12-17-6-11-20(25)26-15-17/h3-11,13,15,27H,1,12,14H2,2H3/p+1. The van der Waals surface area contributed by atoms with Crippen molar-refractivity contribution in [2.24, 2.45) is 0 Å². The van der Waals surface area contributed by atoms with E-state index in [0.29, 0.717) is 35.0 Å². The van der Waals surface area contributed by atoms with Crippen LogP contribution >= 0.6 is 11.6 Å². The van der Waals surface area contributed by atoms with Crippen molar-refractivity contribution in [3.63, 3.8) is 0 Å². The Balaban J connectivity index is 1.78. The minimum absolute atomic E-state index is 0.0929. The highest BCUT2D eigenvalue weighted by molar-refractivity contribution is 6.29. The van der Waals surface area contributed by atoms with E-state index in [1.165, 1.54) is 11.5 Å². The number of hydroxylamine groups is 1. The molecule has 0 fully saturated rings. The summed E-state index contributed by atoms with van der Waals surface area (Å²) in [6.07, 6.45) is 4.00. The quantitative estimate of drug-likeness (QED) is 0.257. The zero-order valence-electron chi connectivity index (χ0n) is 17.5. The van der Waals surface area contributed by atoms with Crippen LogP contribution in [0, 0.1) is 0 Å². The molecular weight excluding hydrogens is 428 g/mol. The molecule has 0 saturated carbocycles. The van der Waals surface area contributed by atoms with Gasteiger partial charge in [0.05, 0.1) is 25.5 Å². The van der Waals surface area contributed by atoms with Crippen LogP contribution in [0.5, 0.6) is 5.88 Å². The van der Waals surface area contributed by atoms with Crippen LogP contribution in [0.25, 0.3) is 22.5 Å². The number of fused-ring (bicyclic) bond motifs is 1. The summed E-state index contributed by atoms with van der Waals surface area (Å²) in [6, 6.07) is 16.2. The number of nitrogens with zero attached hydrogens (tertiary/aromatic N) is 3. The van der Waals surface area contributed by atoms with Gasteiger partial charge in [-0.25, -0.2) is 9.78 Å². The minimum Gasteiger partial charge on any atom is -0.477 e. The second-order valence-corrected chi connectivity index (χ2v) is 7.57. The summed E-state index contributed by atoms with van der Waals surface area (Å²) in [6.45, 7) is 4.34. The van der Waals surface area contributed by atoms with Gasteiger partial charge >= 0.3 is 5.56 Å². The lowest BCUT2D eigenvalue weighted by Gasteiger charge is -2.11. The van der Waals surface area contributed by atoms with Crippen molar-refractivity contribution < 1.29 is 14.5 Å². The van der Waals surface area contributed by atoms with Gasteiger partial charge in [-0.3, -0.25) is 10.3 Å². The molecule has 1 aromatic carbocycles. The van der Waals surface area contributed by atoms with Gasteiger partial charge < -0.3 is 5.11 Å². The molecule has 0 unspecified atom stereocenters. The SMILES string of the molecule is C=C(NOC)c1ccc(-c2c(O)[n+](CCc3ccc(Cl)nc3)c3ccccn3c2=O)cc1. The van der Waals surface area contributed by atoms with Crippen molar-refractivity contribution >= 4 is 22.9 Å². The second-order valence-electron chi connectivity index (χ2n) is 7.19. The Labute approximate surface area is 189 Å². The van der Waals surface area contributed by atoms with E-state index in [9.17, 15) is 9.90 Å². The van der Waals surface area contributed by atoms with E-state index in [0.717, 1.165) is 11.1 Å². The number of nitrogens with one attached hydrogen (secondary N) is 1. The summed E-state index contributed by atoms with van der Waals surface area (Å²) in [5, 5.41) is 11.6. The Bertz CT molecular complexity index is 1330. The summed E-state index contributed by atoms with van der Waals surface area (Å²) in [5.74, 6) is -0.0929. The summed E-state index contributed by atoms with van der Waals surface area (Å²) >= 11 is 5.88. The van der Waals surface area contributed by atoms with Gasteiger partial charge in [-0.15, -0.1) is 0 Å². The molecule has 0 aliphatic carbocycles. The Morgan fingerprint density at radius 1 is 1.22 bits per heavy atom. The highest BCUT2D eigenvalue weighted by Gasteiger charge is 2.24. The maximum atomic E-state index is 13.3. The fraction of sp³-hybridized carbons (Fsp3) is 0.125. The van der Waals surface area contributed by atoms with Gasteiger partial charge in [0.2, 0.25) is 0 Å². The molecule has 0 saturated heterocycles. The third-order valence-corrected chi connectivity index (χ3v) is 5.41. The number of aryl methyl sites for hydroxylation is 2. The van der Waals surface area contributed by atoms with Gasteiger partial charge in [0.25, 0.3) is 11.5 Å². The maximum Gasteiger partial charge on any atom is 0.354 e. The molecule has 3 heterocycles. The average Bonchev–Trinajstić information content (AvgIpc) is 2.81. The number of pyridine rings is 2. The third-order valence-electron chi connectivity index (χ3n) is 5.19. The zero-order chi connectivity index (χ0) is 22.7. The number of hydrogen-bond acceptors (Lipinski definition) is 5. The van der Waals surface area contributed by atoms with E-state index < -0.39 is 0 Å². The molecule has 0 aliphatic heterocycles. The fourth-order valence-corrected chi connectivity index (χ4v) is 3.69. The van der Waals surface area contributed by atoms with Crippen molar-refractivity contribution in [3.05, 3.63) is 100 Å². The van der Waals surface area contributed by atoms with Crippen LogP contribution in [-0.4, -0.2) is 21.6 Å². The molecule has 32 heavy (non-hydrogen) atoms. The third kappa shape index (κ3) is 4.21. The van der Waals surface area contributed by atoms with Crippen molar-refractivity contribution in [3.8, 4) is 17.0 Å². The van der Waals surface area contributed by atoms with Crippen molar-refractivity contribution in [2.45, 2.75) is 13.0 Å². The molecule has 0 bridgehead atoms. The van der Waals surface area contributed by atoms with Crippen molar-refractivity contribution in [2.75, 3.05) is 7.11 Å². The van der Waals surface area contributed by atoms with Crippen LogP contribution < -0.4 is 15.6 Å². The van der Waals surface area contributed by atoms with E-state index >= 15 is 0 Å². The first-order valence-corrected chi connectivity index (χ1v) is 10.3. The van der Waals surface area contributed by atoms with Gasteiger partial charge in [0.15, 0.2) is 5.56 Å². The summed E-state index contributed by atoms with van der Waals surface area (Å²) < 4.78 is 3.26. The van der Waals surface area contributed by atoms with Gasteiger partial charge in [0, 0.05) is 18.7 Å². The predicted octanol–water partition coefficient (Wildman–Crippen LogP) is 3.37. The van der Waals surface area contributed by atoms with Crippen LogP contribution in [0.4, 0.5) is 0 Å². The molecular formula is C24H22ClN4O3+.